The molecule has 1 saturated carbocycles. The normalized spacial score (nSPS) is 25.9. The van der Waals surface area contributed by atoms with E-state index in [2.05, 4.69) is 4.90 Å². The minimum absolute atomic E-state index is 0.0749. The number of rotatable bonds is 4. The summed E-state index contributed by atoms with van der Waals surface area (Å²) in [7, 11) is 0. The lowest BCUT2D eigenvalue weighted by molar-refractivity contribution is -0.126. The summed E-state index contributed by atoms with van der Waals surface area (Å²) in [5.74, 6) is -0.114. The molecule has 1 saturated heterocycles. The van der Waals surface area contributed by atoms with Crippen molar-refractivity contribution >= 4 is 22.7 Å². The molecule has 0 spiro atoms. The lowest BCUT2D eigenvalue weighted by Crippen LogP contribution is -2.42. The van der Waals surface area contributed by atoms with Crippen LogP contribution < -0.4 is 0 Å². The highest BCUT2D eigenvalue weighted by molar-refractivity contribution is 8.15. The van der Waals surface area contributed by atoms with Crippen LogP contribution in [0.15, 0.2) is 35.9 Å². The Kier molecular flexibility index (Phi) is 3.85. The van der Waals surface area contributed by atoms with E-state index in [1.807, 2.05) is 0 Å². The van der Waals surface area contributed by atoms with Gasteiger partial charge in [-0.15, -0.1) is 0 Å². The highest BCUT2D eigenvalue weighted by Crippen LogP contribution is 2.41. The van der Waals surface area contributed by atoms with E-state index in [1.54, 1.807) is 24.3 Å². The molecule has 0 bridgehead atoms. The largest absolute Gasteiger partial charge is 0.297 e. The number of nitrogens with zero attached hydrogens (tertiary/aromatic N) is 1. The van der Waals surface area contributed by atoms with E-state index in [0.29, 0.717) is 12.1 Å². The molecular weight excluding hydrogens is 313 g/mol. The second kappa shape index (κ2) is 5.87. The number of fused-ring (bicyclic) bond motifs is 1. The van der Waals surface area contributed by atoms with Gasteiger partial charge in [-0.1, -0.05) is 30.0 Å². The molecule has 2 heterocycles. The number of hydrogen-bond donors (Lipinski definition) is 0. The van der Waals surface area contributed by atoms with Crippen molar-refractivity contribution in [3.63, 3.8) is 0 Å². The lowest BCUT2D eigenvalue weighted by atomic mass is 9.94. The zero-order valence-corrected chi connectivity index (χ0v) is 13.5. The molecule has 3 nitrogen and oxygen atoms in total. The van der Waals surface area contributed by atoms with Crippen LogP contribution in [0.4, 0.5) is 4.39 Å². The van der Waals surface area contributed by atoms with Gasteiger partial charge in [0.2, 0.25) is 5.12 Å². The van der Waals surface area contributed by atoms with Gasteiger partial charge in [0.15, 0.2) is 5.78 Å². The highest BCUT2D eigenvalue weighted by Gasteiger charge is 2.42. The third-order valence-electron chi connectivity index (χ3n) is 4.85. The van der Waals surface area contributed by atoms with Crippen LogP contribution >= 0.6 is 11.8 Å². The molecule has 1 aliphatic carbocycles. The SMILES string of the molecule is O=C1C=C2CN([C@@H](C(=O)C3CC3)c3ccccc3F)CC[C@H]2S1. The van der Waals surface area contributed by atoms with Gasteiger partial charge in [0.1, 0.15) is 5.82 Å². The maximum atomic E-state index is 14.3. The Balaban J connectivity index is 1.66. The Morgan fingerprint density at radius 2 is 2.04 bits per heavy atom. The summed E-state index contributed by atoms with van der Waals surface area (Å²) in [5, 5.41) is 0.346. The standard InChI is InChI=1S/C18H18FNO2S/c19-14-4-2-1-3-13(14)17(18(22)11-5-6-11)20-8-7-15-12(10-20)9-16(21)23-15/h1-4,9,11,15,17H,5-8,10H2/t15-,17-/m1/s1. The Bertz CT molecular complexity index is 698. The molecule has 4 rings (SSSR count). The van der Waals surface area contributed by atoms with E-state index in [-0.39, 0.29) is 27.9 Å². The van der Waals surface area contributed by atoms with Gasteiger partial charge in [-0.2, -0.15) is 0 Å². The molecule has 2 fully saturated rings. The molecule has 23 heavy (non-hydrogen) atoms. The van der Waals surface area contributed by atoms with E-state index in [4.69, 9.17) is 0 Å². The number of hydrogen-bond acceptors (Lipinski definition) is 4. The molecule has 0 radical (unpaired) electrons. The van der Waals surface area contributed by atoms with E-state index >= 15 is 0 Å². The number of thioether (sulfide) groups is 1. The second-order valence-electron chi connectivity index (χ2n) is 6.50. The molecule has 5 heteroatoms. The molecule has 120 valence electrons. The molecule has 2 atom stereocenters. The van der Waals surface area contributed by atoms with Gasteiger partial charge in [0, 0.05) is 29.8 Å². The molecule has 0 amide bonds. The number of Topliss-reactive ketones (excluding diaryl/α,β-unsaturated/α-hetero) is 1. The Morgan fingerprint density at radius 1 is 1.26 bits per heavy atom. The molecular formula is C18H18FNO2S. The molecule has 3 aliphatic rings. The van der Waals surface area contributed by atoms with Gasteiger partial charge in [-0.3, -0.25) is 14.5 Å². The van der Waals surface area contributed by atoms with E-state index in [1.165, 1.54) is 17.8 Å². The van der Waals surface area contributed by atoms with Crippen molar-refractivity contribution in [2.24, 2.45) is 5.92 Å². The maximum Gasteiger partial charge on any atom is 0.212 e. The molecule has 0 N–H and O–H groups in total. The van der Waals surface area contributed by atoms with Crippen molar-refractivity contribution in [1.82, 2.24) is 4.90 Å². The Morgan fingerprint density at radius 3 is 2.78 bits per heavy atom. The number of piperidine rings is 1. The van der Waals surface area contributed by atoms with Gasteiger partial charge < -0.3 is 0 Å². The zero-order chi connectivity index (χ0) is 16.0. The monoisotopic (exact) mass is 331 g/mol. The van der Waals surface area contributed by atoms with Crippen molar-refractivity contribution in [1.29, 1.82) is 0 Å². The molecule has 0 unspecified atom stereocenters. The predicted molar refractivity (Wildman–Crippen MR) is 87.5 cm³/mol. The van der Waals surface area contributed by atoms with Crippen LogP contribution in [0.5, 0.6) is 0 Å². The summed E-state index contributed by atoms with van der Waals surface area (Å²) in [6, 6.07) is 6.05. The van der Waals surface area contributed by atoms with Crippen LogP contribution in [0.2, 0.25) is 0 Å². The first-order valence-electron chi connectivity index (χ1n) is 8.07. The molecule has 2 aliphatic heterocycles. The summed E-state index contributed by atoms with van der Waals surface area (Å²) in [6.45, 7) is 1.31. The second-order valence-corrected chi connectivity index (χ2v) is 7.71. The van der Waals surface area contributed by atoms with E-state index in [9.17, 15) is 14.0 Å². The predicted octanol–water partition coefficient (Wildman–Crippen LogP) is 3.12. The average molecular weight is 331 g/mol. The molecule has 0 aromatic heterocycles. The van der Waals surface area contributed by atoms with Gasteiger partial charge in [-0.05, 0) is 37.0 Å². The van der Waals surface area contributed by atoms with E-state index < -0.39 is 6.04 Å². The van der Waals surface area contributed by atoms with Crippen LogP contribution in [0.25, 0.3) is 0 Å². The summed E-state index contributed by atoms with van der Waals surface area (Å²) in [5.41, 5.74) is 1.55. The quantitative estimate of drug-likeness (QED) is 0.849. The smallest absolute Gasteiger partial charge is 0.212 e. The number of likely N-dealkylation sites (tertiary alicyclic amines) is 1. The van der Waals surface area contributed by atoms with Gasteiger partial charge >= 0.3 is 0 Å². The van der Waals surface area contributed by atoms with Gasteiger partial charge in [0.25, 0.3) is 0 Å². The minimum atomic E-state index is -0.522. The Hall–Kier alpha value is -1.46. The van der Waals surface area contributed by atoms with Crippen molar-refractivity contribution in [2.75, 3.05) is 13.1 Å². The average Bonchev–Trinajstić information content (AvgIpc) is 3.31. The van der Waals surface area contributed by atoms with Crippen molar-refractivity contribution < 1.29 is 14.0 Å². The fourth-order valence-electron chi connectivity index (χ4n) is 3.52. The summed E-state index contributed by atoms with van der Waals surface area (Å²) >= 11 is 1.37. The number of halogens is 1. The number of ketones is 1. The first kappa shape index (κ1) is 15.1. The summed E-state index contributed by atoms with van der Waals surface area (Å²) < 4.78 is 14.3. The Labute approximate surface area is 138 Å². The maximum absolute atomic E-state index is 14.3. The zero-order valence-electron chi connectivity index (χ0n) is 12.7. The van der Waals surface area contributed by atoms with Crippen LogP contribution in [0, 0.1) is 11.7 Å². The summed E-state index contributed by atoms with van der Waals surface area (Å²) in [4.78, 5) is 26.5. The van der Waals surface area contributed by atoms with Crippen LogP contribution in [0.3, 0.4) is 0 Å². The van der Waals surface area contributed by atoms with Crippen molar-refractivity contribution in [3.05, 3.63) is 47.3 Å². The fraction of sp³-hybridized carbons (Fsp3) is 0.444. The molecule has 1 aromatic rings. The molecule has 1 aromatic carbocycles. The number of benzene rings is 1. The van der Waals surface area contributed by atoms with Crippen LogP contribution in [0.1, 0.15) is 30.9 Å². The van der Waals surface area contributed by atoms with Crippen molar-refractivity contribution in [3.8, 4) is 0 Å². The first-order valence-corrected chi connectivity index (χ1v) is 8.95. The summed E-state index contributed by atoms with van der Waals surface area (Å²) in [6.07, 6.45) is 4.36. The first-order chi connectivity index (χ1) is 11.1. The minimum Gasteiger partial charge on any atom is -0.297 e. The number of carbonyl (C=O) groups excluding carboxylic acids is 2. The van der Waals surface area contributed by atoms with Gasteiger partial charge in [0.05, 0.1) is 6.04 Å². The third kappa shape index (κ3) is 2.88. The van der Waals surface area contributed by atoms with Crippen LogP contribution in [-0.2, 0) is 9.59 Å². The fourth-order valence-corrected chi connectivity index (χ4v) is 4.54. The topological polar surface area (TPSA) is 37.4 Å². The number of carbonyl (C=O) groups is 2. The van der Waals surface area contributed by atoms with Crippen molar-refractivity contribution in [2.45, 2.75) is 30.6 Å². The highest BCUT2D eigenvalue weighted by atomic mass is 32.2. The van der Waals surface area contributed by atoms with Gasteiger partial charge in [-0.25, -0.2) is 4.39 Å². The third-order valence-corrected chi connectivity index (χ3v) is 6.03. The van der Waals surface area contributed by atoms with E-state index in [0.717, 1.165) is 31.4 Å². The van der Waals surface area contributed by atoms with Crippen LogP contribution in [-0.4, -0.2) is 34.1 Å². The lowest BCUT2D eigenvalue weighted by Gasteiger charge is -2.37.